The van der Waals surface area contributed by atoms with Crippen LogP contribution in [0.2, 0.25) is 0 Å². The van der Waals surface area contributed by atoms with E-state index in [0.29, 0.717) is 23.8 Å². The number of thiophene rings is 1. The van der Waals surface area contributed by atoms with E-state index in [1.807, 2.05) is 44.1 Å². The molecule has 1 atom stereocenters. The molecular formula is C20H23N5O2S2. The summed E-state index contributed by atoms with van der Waals surface area (Å²) in [5, 5.41) is 3.82. The smallest absolute Gasteiger partial charge is 0.264 e. The minimum atomic E-state index is -0.227. The number of carbonyl (C=O) groups is 2. The second-order valence-electron chi connectivity index (χ2n) is 7.41. The molecule has 3 aromatic heterocycles. The third-order valence-corrected chi connectivity index (χ3v) is 7.21. The number of piperidine rings is 1. The first-order chi connectivity index (χ1) is 13.9. The lowest BCUT2D eigenvalue weighted by Crippen LogP contribution is -2.43. The van der Waals surface area contributed by atoms with E-state index in [1.165, 1.54) is 11.3 Å². The largest absolute Gasteiger partial charge is 0.354 e. The first kappa shape index (κ1) is 19.8. The average Bonchev–Trinajstić information content (AvgIpc) is 3.27. The van der Waals surface area contributed by atoms with Crippen LogP contribution in [0.3, 0.4) is 0 Å². The van der Waals surface area contributed by atoms with E-state index in [-0.39, 0.29) is 17.7 Å². The predicted molar refractivity (Wildman–Crippen MR) is 118 cm³/mol. The molecule has 0 bridgehead atoms. The van der Waals surface area contributed by atoms with Gasteiger partial charge in [0.2, 0.25) is 5.91 Å². The SMILES string of the molecule is Cc1cccc(NC(=O)C2CCCN(C(=O)c3cc4sc(N(C)C)nc4s3)C2)n1. The lowest BCUT2D eigenvalue weighted by Gasteiger charge is -2.31. The van der Waals surface area contributed by atoms with Gasteiger partial charge in [-0.25, -0.2) is 9.97 Å². The number of anilines is 2. The van der Waals surface area contributed by atoms with Gasteiger partial charge in [-0.3, -0.25) is 9.59 Å². The summed E-state index contributed by atoms with van der Waals surface area (Å²) in [5.41, 5.74) is 0.854. The maximum Gasteiger partial charge on any atom is 0.264 e. The summed E-state index contributed by atoms with van der Waals surface area (Å²) in [7, 11) is 3.92. The van der Waals surface area contributed by atoms with Crippen LogP contribution in [-0.4, -0.2) is 53.9 Å². The highest BCUT2D eigenvalue weighted by Crippen LogP contribution is 2.34. The first-order valence-corrected chi connectivity index (χ1v) is 11.2. The molecule has 1 unspecified atom stereocenters. The summed E-state index contributed by atoms with van der Waals surface area (Å²) in [5.74, 6) is 0.233. The number of aryl methyl sites for hydroxylation is 1. The van der Waals surface area contributed by atoms with Crippen LogP contribution in [0.5, 0.6) is 0 Å². The van der Waals surface area contributed by atoms with Crippen molar-refractivity contribution >= 4 is 55.0 Å². The Balaban J connectivity index is 1.44. The molecule has 7 nitrogen and oxygen atoms in total. The van der Waals surface area contributed by atoms with Crippen LogP contribution < -0.4 is 10.2 Å². The fraction of sp³-hybridized carbons (Fsp3) is 0.400. The molecule has 1 aliphatic heterocycles. The number of pyridine rings is 1. The molecule has 0 radical (unpaired) electrons. The van der Waals surface area contributed by atoms with Crippen molar-refractivity contribution in [2.75, 3.05) is 37.4 Å². The third-order valence-electron chi connectivity index (χ3n) is 4.89. The summed E-state index contributed by atoms with van der Waals surface area (Å²) >= 11 is 3.00. The van der Waals surface area contributed by atoms with Gasteiger partial charge in [-0.1, -0.05) is 17.4 Å². The molecule has 1 N–H and O–H groups in total. The van der Waals surface area contributed by atoms with Crippen molar-refractivity contribution in [1.29, 1.82) is 0 Å². The van der Waals surface area contributed by atoms with Gasteiger partial charge in [0.1, 0.15) is 10.6 Å². The molecule has 0 saturated carbocycles. The van der Waals surface area contributed by atoms with E-state index >= 15 is 0 Å². The van der Waals surface area contributed by atoms with Gasteiger partial charge in [-0.2, -0.15) is 0 Å². The summed E-state index contributed by atoms with van der Waals surface area (Å²) in [6, 6.07) is 7.46. The number of aromatic nitrogens is 2. The Labute approximate surface area is 177 Å². The van der Waals surface area contributed by atoms with Crippen LogP contribution in [0, 0.1) is 12.8 Å². The van der Waals surface area contributed by atoms with Crippen molar-refractivity contribution in [3.8, 4) is 0 Å². The molecule has 4 heterocycles. The van der Waals surface area contributed by atoms with E-state index in [9.17, 15) is 9.59 Å². The molecule has 0 spiro atoms. The highest BCUT2D eigenvalue weighted by molar-refractivity contribution is 7.29. The molecular weight excluding hydrogens is 406 g/mol. The number of likely N-dealkylation sites (tertiary alicyclic amines) is 1. The molecule has 4 rings (SSSR count). The molecule has 3 aromatic rings. The van der Waals surface area contributed by atoms with E-state index < -0.39 is 0 Å². The standard InChI is InChI=1S/C20H23N5O2S2/c1-12-6-4-8-16(21-12)22-17(26)13-7-5-9-25(11-13)19(27)15-10-14-18(28-15)23-20(29-14)24(2)3/h4,6,8,10,13H,5,7,9,11H2,1-3H3,(H,21,22,26). The fourth-order valence-corrected chi connectivity index (χ4v) is 5.49. The van der Waals surface area contributed by atoms with Crippen LogP contribution in [-0.2, 0) is 4.79 Å². The minimum Gasteiger partial charge on any atom is -0.354 e. The summed E-state index contributed by atoms with van der Waals surface area (Å²) in [4.78, 5) is 39.9. The summed E-state index contributed by atoms with van der Waals surface area (Å²) < 4.78 is 1.03. The third kappa shape index (κ3) is 4.25. The zero-order valence-corrected chi connectivity index (χ0v) is 18.3. The molecule has 152 valence electrons. The Morgan fingerprint density at radius 2 is 2.07 bits per heavy atom. The molecule has 1 aliphatic rings. The number of nitrogens with zero attached hydrogens (tertiary/aromatic N) is 4. The number of hydrogen-bond acceptors (Lipinski definition) is 7. The van der Waals surface area contributed by atoms with Crippen LogP contribution >= 0.6 is 22.7 Å². The van der Waals surface area contributed by atoms with Crippen LogP contribution in [0.25, 0.3) is 9.53 Å². The molecule has 9 heteroatoms. The van der Waals surface area contributed by atoms with Gasteiger partial charge < -0.3 is 15.1 Å². The van der Waals surface area contributed by atoms with Gasteiger partial charge in [0.15, 0.2) is 5.13 Å². The van der Waals surface area contributed by atoms with E-state index in [0.717, 1.165) is 33.2 Å². The lowest BCUT2D eigenvalue weighted by atomic mass is 9.97. The maximum absolute atomic E-state index is 13.0. The predicted octanol–water partition coefficient (Wildman–Crippen LogP) is 3.62. The van der Waals surface area contributed by atoms with Crippen molar-refractivity contribution in [3.05, 3.63) is 34.8 Å². The van der Waals surface area contributed by atoms with Crippen molar-refractivity contribution in [2.24, 2.45) is 5.92 Å². The number of thiazole rings is 1. The zero-order chi connectivity index (χ0) is 20.5. The van der Waals surface area contributed by atoms with Gasteiger partial charge in [-0.15, -0.1) is 11.3 Å². The number of hydrogen-bond donors (Lipinski definition) is 1. The average molecular weight is 430 g/mol. The Hall–Kier alpha value is -2.52. The van der Waals surface area contributed by atoms with E-state index in [2.05, 4.69) is 15.3 Å². The number of fused-ring (bicyclic) bond motifs is 1. The van der Waals surface area contributed by atoms with Gasteiger partial charge >= 0.3 is 0 Å². The normalized spacial score (nSPS) is 16.8. The van der Waals surface area contributed by atoms with Crippen LogP contribution in [0.1, 0.15) is 28.2 Å². The van der Waals surface area contributed by atoms with Gasteiger partial charge in [0.05, 0.1) is 15.5 Å². The monoisotopic (exact) mass is 429 g/mol. The fourth-order valence-electron chi connectivity index (χ4n) is 3.39. The van der Waals surface area contributed by atoms with Gasteiger partial charge in [0.25, 0.3) is 5.91 Å². The molecule has 2 amide bonds. The Morgan fingerprint density at radius 1 is 1.24 bits per heavy atom. The summed E-state index contributed by atoms with van der Waals surface area (Å²) in [6.45, 7) is 2.99. The molecule has 0 aliphatic carbocycles. The second kappa shape index (κ2) is 8.08. The quantitative estimate of drug-likeness (QED) is 0.685. The van der Waals surface area contributed by atoms with Crippen molar-refractivity contribution < 1.29 is 9.59 Å². The van der Waals surface area contributed by atoms with Crippen LogP contribution in [0.4, 0.5) is 10.9 Å². The van der Waals surface area contributed by atoms with Crippen molar-refractivity contribution in [3.63, 3.8) is 0 Å². The zero-order valence-electron chi connectivity index (χ0n) is 16.6. The maximum atomic E-state index is 13.0. The Morgan fingerprint density at radius 3 is 2.79 bits per heavy atom. The summed E-state index contributed by atoms with van der Waals surface area (Å²) in [6.07, 6.45) is 1.59. The van der Waals surface area contributed by atoms with E-state index in [4.69, 9.17) is 0 Å². The number of amides is 2. The number of nitrogens with one attached hydrogen (secondary N) is 1. The molecule has 29 heavy (non-hydrogen) atoms. The van der Waals surface area contributed by atoms with Crippen molar-refractivity contribution in [1.82, 2.24) is 14.9 Å². The van der Waals surface area contributed by atoms with E-state index in [1.54, 1.807) is 22.3 Å². The second-order valence-corrected chi connectivity index (χ2v) is 9.45. The van der Waals surface area contributed by atoms with Gasteiger partial charge in [0, 0.05) is 32.9 Å². The van der Waals surface area contributed by atoms with Crippen molar-refractivity contribution in [2.45, 2.75) is 19.8 Å². The number of carbonyl (C=O) groups excluding carboxylic acids is 2. The molecule has 1 saturated heterocycles. The topological polar surface area (TPSA) is 78.4 Å². The Kier molecular flexibility index (Phi) is 5.51. The Bertz CT molecular complexity index is 1030. The molecule has 0 aromatic carbocycles. The van der Waals surface area contributed by atoms with Crippen LogP contribution in [0.15, 0.2) is 24.3 Å². The highest BCUT2D eigenvalue weighted by Gasteiger charge is 2.30. The van der Waals surface area contributed by atoms with Gasteiger partial charge in [-0.05, 0) is 38.0 Å². The lowest BCUT2D eigenvalue weighted by molar-refractivity contribution is -0.121. The highest BCUT2D eigenvalue weighted by atomic mass is 32.1. The first-order valence-electron chi connectivity index (χ1n) is 9.52. The molecule has 1 fully saturated rings. The number of rotatable bonds is 4. The minimum absolute atomic E-state index is 0.0159.